The van der Waals surface area contributed by atoms with Crippen LogP contribution in [-0.4, -0.2) is 12.5 Å². The highest BCUT2D eigenvalue weighted by Crippen LogP contribution is 2.40. The Morgan fingerprint density at radius 2 is 1.59 bits per heavy atom. The molecule has 108 valence electrons. The number of aryl methyl sites for hydroxylation is 1. The number of hydrogen-bond donors (Lipinski definition) is 0. The molecule has 1 heterocycles. The van der Waals surface area contributed by atoms with Crippen LogP contribution in [0.25, 0.3) is 10.8 Å². The summed E-state index contributed by atoms with van der Waals surface area (Å²) < 4.78 is 5.53. The second kappa shape index (κ2) is 4.88. The zero-order valence-electron chi connectivity index (χ0n) is 12.2. The Balaban J connectivity index is 2.00. The standard InChI is InChI=1S/C19H15NO2/c1-13-10-11-16(15-7-3-2-6-14(13)15)20-17-8-4-5-9-18(17)22-12-19(20)21/h2-11H,12H2,1H3. The first-order chi connectivity index (χ1) is 10.8. The molecule has 3 nitrogen and oxygen atoms in total. The minimum Gasteiger partial charge on any atom is -0.482 e. The van der Waals surface area contributed by atoms with Gasteiger partial charge in [0.2, 0.25) is 0 Å². The highest BCUT2D eigenvalue weighted by molar-refractivity contribution is 6.11. The molecule has 0 saturated carbocycles. The number of anilines is 2. The number of hydrogen-bond acceptors (Lipinski definition) is 2. The zero-order valence-corrected chi connectivity index (χ0v) is 12.2. The molecule has 1 amide bonds. The summed E-state index contributed by atoms with van der Waals surface area (Å²) in [6.07, 6.45) is 0. The van der Waals surface area contributed by atoms with E-state index in [1.807, 2.05) is 42.5 Å². The maximum atomic E-state index is 12.5. The van der Waals surface area contributed by atoms with Crippen LogP contribution in [0.2, 0.25) is 0 Å². The second-order valence-corrected chi connectivity index (χ2v) is 5.43. The predicted molar refractivity (Wildman–Crippen MR) is 87.8 cm³/mol. The Hall–Kier alpha value is -2.81. The van der Waals surface area contributed by atoms with E-state index < -0.39 is 0 Å². The Kier molecular flexibility index (Phi) is 2.86. The van der Waals surface area contributed by atoms with Crippen molar-refractivity contribution >= 4 is 28.1 Å². The van der Waals surface area contributed by atoms with Gasteiger partial charge in [-0.1, -0.05) is 42.5 Å². The first kappa shape index (κ1) is 12.9. The molecule has 3 heteroatoms. The molecule has 4 rings (SSSR count). The molecule has 0 atom stereocenters. The number of nitrogens with zero attached hydrogens (tertiary/aromatic N) is 1. The fourth-order valence-electron chi connectivity index (χ4n) is 3.00. The molecule has 3 aromatic rings. The van der Waals surface area contributed by atoms with E-state index >= 15 is 0 Å². The van der Waals surface area contributed by atoms with Crippen molar-refractivity contribution in [3.63, 3.8) is 0 Å². The Morgan fingerprint density at radius 1 is 0.864 bits per heavy atom. The van der Waals surface area contributed by atoms with E-state index in [0.29, 0.717) is 0 Å². The number of benzene rings is 3. The molecular weight excluding hydrogens is 274 g/mol. The lowest BCUT2D eigenvalue weighted by Gasteiger charge is -2.30. The van der Waals surface area contributed by atoms with Gasteiger partial charge in [-0.05, 0) is 36.1 Å². The van der Waals surface area contributed by atoms with Gasteiger partial charge in [0.25, 0.3) is 5.91 Å². The Labute approximate surface area is 128 Å². The summed E-state index contributed by atoms with van der Waals surface area (Å²) >= 11 is 0. The van der Waals surface area contributed by atoms with Crippen molar-refractivity contribution in [3.05, 3.63) is 66.2 Å². The average Bonchev–Trinajstić information content (AvgIpc) is 2.56. The van der Waals surface area contributed by atoms with Crippen LogP contribution in [0.4, 0.5) is 11.4 Å². The molecule has 0 fully saturated rings. The summed E-state index contributed by atoms with van der Waals surface area (Å²) in [6.45, 7) is 2.15. The molecular formula is C19H15NO2. The van der Waals surface area contributed by atoms with Crippen LogP contribution in [0.3, 0.4) is 0 Å². The third kappa shape index (κ3) is 1.86. The third-order valence-electron chi connectivity index (χ3n) is 4.07. The number of ether oxygens (including phenoxy) is 1. The number of fused-ring (bicyclic) bond motifs is 2. The summed E-state index contributed by atoms with van der Waals surface area (Å²) in [5, 5.41) is 2.24. The zero-order chi connectivity index (χ0) is 15.1. The molecule has 0 bridgehead atoms. The molecule has 0 unspecified atom stereocenters. The van der Waals surface area contributed by atoms with E-state index in [-0.39, 0.29) is 12.5 Å². The van der Waals surface area contributed by atoms with Gasteiger partial charge in [-0.25, -0.2) is 0 Å². The van der Waals surface area contributed by atoms with Crippen LogP contribution >= 0.6 is 0 Å². The molecule has 0 N–H and O–H groups in total. The summed E-state index contributed by atoms with van der Waals surface area (Å²) in [5.41, 5.74) is 2.91. The van der Waals surface area contributed by atoms with E-state index in [1.54, 1.807) is 4.90 Å². The van der Waals surface area contributed by atoms with Gasteiger partial charge in [0.1, 0.15) is 5.75 Å². The van der Waals surface area contributed by atoms with Crippen LogP contribution in [0.15, 0.2) is 60.7 Å². The van der Waals surface area contributed by atoms with E-state index in [9.17, 15) is 4.79 Å². The number of para-hydroxylation sites is 2. The fourth-order valence-corrected chi connectivity index (χ4v) is 3.00. The lowest BCUT2D eigenvalue weighted by molar-refractivity contribution is -0.120. The summed E-state index contributed by atoms with van der Waals surface area (Å²) in [7, 11) is 0. The van der Waals surface area contributed by atoms with Crippen molar-refractivity contribution < 1.29 is 9.53 Å². The van der Waals surface area contributed by atoms with Crippen molar-refractivity contribution in [2.24, 2.45) is 0 Å². The van der Waals surface area contributed by atoms with Gasteiger partial charge in [-0.3, -0.25) is 9.69 Å². The van der Waals surface area contributed by atoms with Crippen molar-refractivity contribution in [1.29, 1.82) is 0 Å². The maximum absolute atomic E-state index is 12.5. The minimum atomic E-state index is -0.0484. The third-order valence-corrected chi connectivity index (χ3v) is 4.07. The fraction of sp³-hybridized carbons (Fsp3) is 0.105. The highest BCUT2D eigenvalue weighted by atomic mass is 16.5. The number of amides is 1. The topological polar surface area (TPSA) is 29.5 Å². The molecule has 0 radical (unpaired) electrons. The largest absolute Gasteiger partial charge is 0.482 e. The Morgan fingerprint density at radius 3 is 2.45 bits per heavy atom. The van der Waals surface area contributed by atoms with Crippen molar-refractivity contribution in [3.8, 4) is 5.75 Å². The van der Waals surface area contributed by atoms with Crippen molar-refractivity contribution in [2.75, 3.05) is 11.5 Å². The number of carbonyl (C=O) groups excluding carboxylic acids is 1. The number of rotatable bonds is 1. The van der Waals surface area contributed by atoms with Crippen molar-refractivity contribution in [2.45, 2.75) is 6.92 Å². The summed E-state index contributed by atoms with van der Waals surface area (Å²) in [5.74, 6) is 0.694. The van der Waals surface area contributed by atoms with Gasteiger partial charge in [-0.15, -0.1) is 0 Å². The van der Waals surface area contributed by atoms with E-state index in [4.69, 9.17) is 4.74 Å². The summed E-state index contributed by atoms with van der Waals surface area (Å²) in [6, 6.07) is 19.9. The van der Waals surface area contributed by atoms with Gasteiger partial charge < -0.3 is 4.74 Å². The molecule has 22 heavy (non-hydrogen) atoms. The van der Waals surface area contributed by atoms with Crippen LogP contribution in [-0.2, 0) is 4.79 Å². The van der Waals surface area contributed by atoms with Crippen LogP contribution in [0.1, 0.15) is 5.56 Å². The quantitative estimate of drug-likeness (QED) is 0.671. The van der Waals surface area contributed by atoms with Gasteiger partial charge >= 0.3 is 0 Å². The molecule has 0 saturated heterocycles. The van der Waals surface area contributed by atoms with E-state index in [2.05, 4.69) is 25.1 Å². The van der Waals surface area contributed by atoms with Crippen LogP contribution < -0.4 is 9.64 Å². The van der Waals surface area contributed by atoms with Gasteiger partial charge in [0.05, 0.1) is 11.4 Å². The van der Waals surface area contributed by atoms with Gasteiger partial charge in [-0.2, -0.15) is 0 Å². The van der Waals surface area contributed by atoms with Gasteiger partial charge in [0.15, 0.2) is 6.61 Å². The maximum Gasteiger partial charge on any atom is 0.269 e. The lowest BCUT2D eigenvalue weighted by atomic mass is 10.0. The molecule has 1 aliphatic heterocycles. The molecule has 0 spiro atoms. The predicted octanol–water partition coefficient (Wildman–Crippen LogP) is 4.21. The van der Waals surface area contributed by atoms with Gasteiger partial charge in [0, 0.05) is 5.39 Å². The minimum absolute atomic E-state index is 0.0484. The van der Waals surface area contributed by atoms with Crippen LogP contribution in [0.5, 0.6) is 5.75 Å². The first-order valence-electron chi connectivity index (χ1n) is 7.29. The summed E-state index contributed by atoms with van der Waals surface area (Å²) in [4.78, 5) is 14.3. The van der Waals surface area contributed by atoms with Crippen molar-refractivity contribution in [1.82, 2.24) is 0 Å². The smallest absolute Gasteiger partial charge is 0.269 e. The molecule has 0 aliphatic carbocycles. The van der Waals surface area contributed by atoms with Crippen LogP contribution in [0, 0.1) is 6.92 Å². The van der Waals surface area contributed by atoms with E-state index in [1.165, 1.54) is 5.56 Å². The Bertz CT molecular complexity index is 885. The monoisotopic (exact) mass is 289 g/mol. The highest BCUT2D eigenvalue weighted by Gasteiger charge is 2.27. The average molecular weight is 289 g/mol. The van der Waals surface area contributed by atoms with E-state index in [0.717, 1.165) is 27.9 Å². The molecule has 1 aliphatic rings. The molecule has 3 aromatic carbocycles. The first-order valence-corrected chi connectivity index (χ1v) is 7.29. The second-order valence-electron chi connectivity index (χ2n) is 5.43. The lowest BCUT2D eigenvalue weighted by Crippen LogP contribution is -2.35. The normalized spacial score (nSPS) is 13.9. The number of carbonyl (C=O) groups is 1. The SMILES string of the molecule is Cc1ccc(N2C(=O)COc3ccccc32)c2ccccc12. The molecule has 0 aromatic heterocycles.